The molecule has 0 spiro atoms. The molecule has 1 aromatic carbocycles. The lowest BCUT2D eigenvalue weighted by Crippen LogP contribution is -2.60. The van der Waals surface area contributed by atoms with Crippen LogP contribution in [0.4, 0.5) is 4.79 Å². The number of nitrogens with zero attached hydrogens (tertiary/aromatic N) is 5. The average Bonchev–Trinajstić information content (AvgIpc) is 3.17. The van der Waals surface area contributed by atoms with Crippen LogP contribution in [0.3, 0.4) is 0 Å². The molecule has 2 bridgehead atoms. The van der Waals surface area contributed by atoms with Crippen LogP contribution >= 0.6 is 11.6 Å². The maximum absolute atomic E-state index is 14.2. The molecule has 13 heteroatoms. The van der Waals surface area contributed by atoms with E-state index in [1.54, 1.807) is 9.21 Å². The van der Waals surface area contributed by atoms with Gasteiger partial charge in [0.25, 0.3) is 0 Å². The highest BCUT2D eigenvalue weighted by atomic mass is 35.5. The number of hydrogen-bond donors (Lipinski definition) is 0. The minimum absolute atomic E-state index is 0.0390. The number of benzene rings is 1. The first-order chi connectivity index (χ1) is 22.9. The SMILES string of the molecule is CC(C)(C)OC(=O)N1C[C@H](CC[C@H]2CCCC[C@@H]2CC(=O)[C@@H](N=[N+]=[N-])[C@@H](c2ccc(Cl)cc2)C2CCOCC2)N2C[C@H]1CCCS2(=O)=O. The van der Waals surface area contributed by atoms with E-state index >= 15 is 0 Å². The molecule has 3 heterocycles. The number of piperazine rings is 1. The van der Waals surface area contributed by atoms with E-state index in [4.69, 9.17) is 21.1 Å². The number of azide groups is 1. The number of amides is 1. The van der Waals surface area contributed by atoms with Crippen LogP contribution in [0.5, 0.6) is 0 Å². The van der Waals surface area contributed by atoms with E-state index in [9.17, 15) is 23.5 Å². The van der Waals surface area contributed by atoms with Gasteiger partial charge in [0.05, 0.1) is 5.75 Å². The molecule has 7 atom stereocenters. The summed E-state index contributed by atoms with van der Waals surface area (Å²) in [5.41, 5.74) is 9.94. The number of carbonyl (C=O) groups is 2. The van der Waals surface area contributed by atoms with Crippen molar-refractivity contribution >= 4 is 33.5 Å². The molecule has 0 radical (unpaired) electrons. The second kappa shape index (κ2) is 16.1. The number of fused-ring (bicyclic) bond motifs is 2. The van der Waals surface area contributed by atoms with Crippen molar-refractivity contribution in [2.45, 2.75) is 121 Å². The Morgan fingerprint density at radius 3 is 2.38 bits per heavy atom. The van der Waals surface area contributed by atoms with Crippen LogP contribution in [0.15, 0.2) is 29.4 Å². The van der Waals surface area contributed by atoms with Crippen LogP contribution in [0.25, 0.3) is 10.4 Å². The van der Waals surface area contributed by atoms with Crippen LogP contribution in [-0.4, -0.2) is 85.3 Å². The fraction of sp³-hybridized carbons (Fsp3) is 0.771. The molecule has 11 nitrogen and oxygen atoms in total. The van der Waals surface area contributed by atoms with E-state index in [2.05, 4.69) is 10.0 Å². The third-order valence-corrected chi connectivity index (χ3v) is 13.1. The lowest BCUT2D eigenvalue weighted by Gasteiger charge is -2.45. The Balaban J connectivity index is 1.32. The predicted octanol–water partition coefficient (Wildman–Crippen LogP) is 7.49. The summed E-state index contributed by atoms with van der Waals surface area (Å²) in [6, 6.07) is 6.14. The molecule has 48 heavy (non-hydrogen) atoms. The Morgan fingerprint density at radius 1 is 1.02 bits per heavy atom. The molecule has 3 aliphatic heterocycles. The van der Waals surface area contributed by atoms with E-state index in [1.165, 1.54) is 0 Å². The van der Waals surface area contributed by atoms with Gasteiger partial charge >= 0.3 is 6.09 Å². The summed E-state index contributed by atoms with van der Waals surface area (Å²) in [7, 11) is -3.44. The Labute approximate surface area is 290 Å². The normalized spacial score (nSPS) is 29.2. The Bertz CT molecular complexity index is 1420. The summed E-state index contributed by atoms with van der Waals surface area (Å²) in [5, 5.41) is 4.76. The first-order valence-electron chi connectivity index (χ1n) is 17.8. The fourth-order valence-corrected chi connectivity index (χ4v) is 10.4. The van der Waals surface area contributed by atoms with Gasteiger partial charge in [-0.25, -0.2) is 13.2 Å². The number of ketones is 1. The van der Waals surface area contributed by atoms with Crippen LogP contribution in [0.1, 0.15) is 103 Å². The van der Waals surface area contributed by atoms with Crippen molar-refractivity contribution in [3.63, 3.8) is 0 Å². The Morgan fingerprint density at radius 2 is 1.71 bits per heavy atom. The summed E-state index contributed by atoms with van der Waals surface area (Å²) in [5.74, 6) is 0.267. The number of rotatable bonds is 10. The van der Waals surface area contributed by atoms with Crippen molar-refractivity contribution in [3.8, 4) is 0 Å². The van der Waals surface area contributed by atoms with E-state index < -0.39 is 21.7 Å². The van der Waals surface area contributed by atoms with Gasteiger partial charge in [0, 0.05) is 60.7 Å². The average molecular weight is 706 g/mol. The van der Waals surface area contributed by atoms with Gasteiger partial charge in [-0.05, 0) is 107 Å². The Kier molecular flexibility index (Phi) is 12.4. The molecule has 1 amide bonds. The van der Waals surface area contributed by atoms with Crippen molar-refractivity contribution in [2.24, 2.45) is 22.9 Å². The molecule has 0 N–H and O–H groups in total. The van der Waals surface area contributed by atoms with E-state index in [0.29, 0.717) is 57.0 Å². The minimum Gasteiger partial charge on any atom is -0.444 e. The van der Waals surface area contributed by atoms with Crippen LogP contribution in [0.2, 0.25) is 5.02 Å². The quantitative estimate of drug-likeness (QED) is 0.140. The maximum Gasteiger partial charge on any atom is 0.410 e. The van der Waals surface area contributed by atoms with E-state index in [-0.39, 0.29) is 53.4 Å². The van der Waals surface area contributed by atoms with Gasteiger partial charge in [0.1, 0.15) is 17.4 Å². The molecule has 0 aromatic heterocycles. The number of ether oxygens (including phenoxy) is 2. The number of halogens is 1. The summed E-state index contributed by atoms with van der Waals surface area (Å²) >= 11 is 6.21. The Hall–Kier alpha value is -2.37. The second-order valence-corrected chi connectivity index (χ2v) is 17.7. The van der Waals surface area contributed by atoms with Gasteiger partial charge < -0.3 is 14.4 Å². The highest BCUT2D eigenvalue weighted by Crippen LogP contribution is 2.41. The van der Waals surface area contributed by atoms with Gasteiger partial charge in [0.2, 0.25) is 10.0 Å². The zero-order valence-corrected chi connectivity index (χ0v) is 30.2. The number of Topliss-reactive ketones (excluding diaryl/α,β-unsaturated/α-hetero) is 1. The highest BCUT2D eigenvalue weighted by Gasteiger charge is 2.45. The molecule has 1 aromatic rings. The van der Waals surface area contributed by atoms with Crippen LogP contribution < -0.4 is 0 Å². The molecular formula is C35H52ClN5O6S. The van der Waals surface area contributed by atoms with Gasteiger partial charge in [-0.15, -0.1) is 0 Å². The van der Waals surface area contributed by atoms with Crippen molar-refractivity contribution < 1.29 is 27.5 Å². The minimum atomic E-state index is -3.44. The first kappa shape index (κ1) is 36.9. The lowest BCUT2D eigenvalue weighted by atomic mass is 9.71. The van der Waals surface area contributed by atoms with Crippen molar-refractivity contribution in [2.75, 3.05) is 32.1 Å². The smallest absolute Gasteiger partial charge is 0.410 e. The summed E-state index contributed by atoms with van der Waals surface area (Å²) < 4.78 is 39.7. The van der Waals surface area contributed by atoms with Gasteiger partial charge in [-0.2, -0.15) is 4.31 Å². The molecular weight excluding hydrogens is 654 g/mol. The monoisotopic (exact) mass is 705 g/mol. The standard InChI is InChI=1S/C35H52ClN5O6S/c1-35(2,3)47-34(43)40-22-30(41-23-29(40)9-6-20-48(41,44)45)15-12-24-7-4-5-8-27(24)21-31(42)33(38-39-37)32(26-16-18-46-19-17-26)25-10-13-28(36)14-11-25/h10-11,13-14,24,26-27,29-30,32-33H,4-9,12,15-23H2,1-3H3/t24-,27-,29-,30+,32+,33-/m1/s1. The van der Waals surface area contributed by atoms with Crippen molar-refractivity contribution in [3.05, 3.63) is 45.3 Å². The molecule has 4 fully saturated rings. The van der Waals surface area contributed by atoms with E-state index in [0.717, 1.165) is 50.5 Å². The van der Waals surface area contributed by atoms with Crippen molar-refractivity contribution in [1.82, 2.24) is 9.21 Å². The largest absolute Gasteiger partial charge is 0.444 e. The summed E-state index contributed by atoms with van der Waals surface area (Å²) in [6.07, 6.45) is 7.96. The molecule has 5 rings (SSSR count). The first-order valence-corrected chi connectivity index (χ1v) is 19.7. The zero-order chi connectivity index (χ0) is 34.5. The third-order valence-electron chi connectivity index (χ3n) is 10.8. The summed E-state index contributed by atoms with van der Waals surface area (Å²) in [6.45, 7) is 7.34. The predicted molar refractivity (Wildman–Crippen MR) is 185 cm³/mol. The van der Waals surface area contributed by atoms with Gasteiger partial charge in [0.15, 0.2) is 0 Å². The number of hydrogen-bond acceptors (Lipinski definition) is 7. The van der Waals surface area contributed by atoms with Gasteiger partial charge in [-0.3, -0.25) is 4.79 Å². The van der Waals surface area contributed by atoms with Crippen LogP contribution in [0, 0.1) is 17.8 Å². The molecule has 266 valence electrons. The molecule has 1 aliphatic carbocycles. The second-order valence-electron chi connectivity index (χ2n) is 15.2. The molecule has 1 unspecified atom stereocenters. The number of carbonyl (C=O) groups excluding carboxylic acids is 2. The van der Waals surface area contributed by atoms with Gasteiger partial charge in [-0.1, -0.05) is 48.1 Å². The molecule has 1 saturated carbocycles. The zero-order valence-electron chi connectivity index (χ0n) is 28.6. The van der Waals surface area contributed by atoms with E-state index in [1.807, 2.05) is 45.0 Å². The molecule has 4 aliphatic rings. The summed E-state index contributed by atoms with van der Waals surface area (Å²) in [4.78, 5) is 32.4. The fourth-order valence-electron chi connectivity index (χ4n) is 8.49. The lowest BCUT2D eigenvalue weighted by molar-refractivity contribution is -0.123. The molecule has 3 saturated heterocycles. The van der Waals surface area contributed by atoms with Crippen LogP contribution in [-0.2, 0) is 24.3 Å². The topological polar surface area (TPSA) is 142 Å². The third kappa shape index (κ3) is 9.24. The number of sulfonamides is 1. The van der Waals surface area contributed by atoms with Crippen molar-refractivity contribution in [1.29, 1.82) is 0 Å². The maximum atomic E-state index is 14.2. The highest BCUT2D eigenvalue weighted by molar-refractivity contribution is 7.89.